The Hall–Kier alpha value is -1.30. The lowest BCUT2D eigenvalue weighted by atomic mass is 9.95. The lowest BCUT2D eigenvalue weighted by Gasteiger charge is -2.15. The highest BCUT2D eigenvalue weighted by Gasteiger charge is 2.20. The van der Waals surface area contributed by atoms with Crippen molar-refractivity contribution in [2.24, 2.45) is 11.8 Å². The zero-order chi connectivity index (χ0) is 12.7. The van der Waals surface area contributed by atoms with Crippen LogP contribution in [0.1, 0.15) is 46.0 Å². The van der Waals surface area contributed by atoms with Gasteiger partial charge in [0.25, 0.3) is 0 Å². The van der Waals surface area contributed by atoms with E-state index in [0.717, 1.165) is 6.42 Å². The monoisotopic (exact) mass is 234 g/mol. The largest absolute Gasteiger partial charge is 0.355 e. The van der Waals surface area contributed by atoms with Crippen molar-refractivity contribution in [1.82, 2.24) is 5.32 Å². The zero-order valence-electron chi connectivity index (χ0n) is 10.8. The Morgan fingerprint density at radius 3 is 2.82 bits per heavy atom. The van der Waals surface area contributed by atoms with Gasteiger partial charge in [-0.05, 0) is 38.0 Å². The summed E-state index contributed by atoms with van der Waals surface area (Å²) in [5, 5.41) is 11.8. The summed E-state index contributed by atoms with van der Waals surface area (Å²) in [4.78, 5) is 11.7. The predicted octanol–water partition coefficient (Wildman–Crippen LogP) is 2.79. The fraction of sp³-hybridized carbons (Fsp3) is 0.714. The molecule has 0 saturated heterocycles. The highest BCUT2D eigenvalue weighted by atomic mass is 16.1. The first kappa shape index (κ1) is 13.8. The molecule has 0 radical (unpaired) electrons. The van der Waals surface area contributed by atoms with Crippen LogP contribution in [-0.4, -0.2) is 12.5 Å². The van der Waals surface area contributed by atoms with Crippen LogP contribution in [0.15, 0.2) is 11.6 Å². The lowest BCUT2D eigenvalue weighted by molar-refractivity contribution is -0.124. The van der Waals surface area contributed by atoms with E-state index in [1.165, 1.54) is 31.3 Å². The topological polar surface area (TPSA) is 52.9 Å². The average Bonchev–Trinajstić information content (AvgIpc) is 2.30. The molecule has 0 fully saturated rings. The second-order valence-electron chi connectivity index (χ2n) is 5.00. The molecule has 1 N–H and O–H groups in total. The van der Waals surface area contributed by atoms with Gasteiger partial charge in [-0.3, -0.25) is 4.79 Å². The van der Waals surface area contributed by atoms with Crippen molar-refractivity contribution in [3.8, 4) is 6.07 Å². The maximum atomic E-state index is 11.7. The van der Waals surface area contributed by atoms with Crippen LogP contribution in [0.5, 0.6) is 0 Å². The van der Waals surface area contributed by atoms with Gasteiger partial charge in [-0.25, -0.2) is 0 Å². The number of amides is 1. The molecule has 3 heteroatoms. The third-order valence-corrected chi connectivity index (χ3v) is 3.22. The Bertz CT molecular complexity index is 326. The Morgan fingerprint density at radius 1 is 1.53 bits per heavy atom. The van der Waals surface area contributed by atoms with E-state index in [0.29, 0.717) is 6.54 Å². The molecule has 0 aromatic rings. The molecular weight excluding hydrogens is 212 g/mol. The highest BCUT2D eigenvalue weighted by Crippen LogP contribution is 2.19. The standard InChI is InChI=1S/C14H22N2O/c1-11(2)13(10-15)14(17)16-9-8-12-6-4-3-5-7-12/h6,11,13H,3-5,7-9H2,1-2H3,(H,16,17). The van der Waals surface area contributed by atoms with E-state index in [9.17, 15) is 4.79 Å². The second-order valence-corrected chi connectivity index (χ2v) is 5.00. The predicted molar refractivity (Wildman–Crippen MR) is 68.1 cm³/mol. The second kappa shape index (κ2) is 7.11. The Labute approximate surface area is 104 Å². The molecule has 0 spiro atoms. The molecule has 0 bridgehead atoms. The van der Waals surface area contributed by atoms with Crippen LogP contribution in [-0.2, 0) is 4.79 Å². The van der Waals surface area contributed by atoms with Crippen LogP contribution in [0.4, 0.5) is 0 Å². The molecule has 1 rings (SSSR count). The number of allylic oxidation sites excluding steroid dienone is 1. The number of carbonyl (C=O) groups excluding carboxylic acids is 1. The third kappa shape index (κ3) is 4.60. The fourth-order valence-corrected chi connectivity index (χ4v) is 2.10. The van der Waals surface area contributed by atoms with Crippen LogP contribution in [0, 0.1) is 23.2 Å². The summed E-state index contributed by atoms with van der Waals surface area (Å²) >= 11 is 0. The summed E-state index contributed by atoms with van der Waals surface area (Å²) in [5.74, 6) is -0.567. The Balaban J connectivity index is 2.28. The molecule has 1 amide bonds. The zero-order valence-corrected chi connectivity index (χ0v) is 10.8. The first-order valence-electron chi connectivity index (χ1n) is 6.50. The van der Waals surface area contributed by atoms with Crippen molar-refractivity contribution in [3.63, 3.8) is 0 Å². The van der Waals surface area contributed by atoms with E-state index >= 15 is 0 Å². The van der Waals surface area contributed by atoms with Crippen molar-refractivity contribution in [2.45, 2.75) is 46.0 Å². The summed E-state index contributed by atoms with van der Waals surface area (Å²) in [6.45, 7) is 4.46. The maximum absolute atomic E-state index is 11.7. The molecule has 0 heterocycles. The van der Waals surface area contributed by atoms with Crippen molar-refractivity contribution >= 4 is 5.91 Å². The number of hydrogen-bond donors (Lipinski definition) is 1. The molecule has 0 aliphatic heterocycles. The van der Waals surface area contributed by atoms with E-state index in [2.05, 4.69) is 17.5 Å². The van der Waals surface area contributed by atoms with Gasteiger partial charge in [0, 0.05) is 6.54 Å². The lowest BCUT2D eigenvalue weighted by Crippen LogP contribution is -2.33. The van der Waals surface area contributed by atoms with Gasteiger partial charge in [-0.1, -0.05) is 25.5 Å². The van der Waals surface area contributed by atoms with Crippen LogP contribution in [0.3, 0.4) is 0 Å². The Kier molecular flexibility index (Phi) is 5.76. The van der Waals surface area contributed by atoms with Crippen LogP contribution >= 0.6 is 0 Å². The summed E-state index contributed by atoms with van der Waals surface area (Å²) in [6.07, 6.45) is 8.13. The minimum absolute atomic E-state index is 0.0777. The minimum Gasteiger partial charge on any atom is -0.355 e. The maximum Gasteiger partial charge on any atom is 0.237 e. The summed E-state index contributed by atoms with van der Waals surface area (Å²) in [7, 11) is 0. The summed E-state index contributed by atoms with van der Waals surface area (Å²) in [5.41, 5.74) is 1.45. The van der Waals surface area contributed by atoms with Gasteiger partial charge in [0.1, 0.15) is 5.92 Å². The number of nitrogens with one attached hydrogen (secondary N) is 1. The number of carbonyl (C=O) groups is 1. The number of nitrogens with zero attached hydrogens (tertiary/aromatic N) is 1. The summed E-state index contributed by atoms with van der Waals surface area (Å²) in [6, 6.07) is 2.06. The quantitative estimate of drug-likeness (QED) is 0.744. The average molecular weight is 234 g/mol. The molecule has 1 atom stereocenters. The first-order valence-corrected chi connectivity index (χ1v) is 6.50. The van der Waals surface area contributed by atoms with Gasteiger partial charge in [0.15, 0.2) is 0 Å². The van der Waals surface area contributed by atoms with Gasteiger partial charge in [0.2, 0.25) is 5.91 Å². The summed E-state index contributed by atoms with van der Waals surface area (Å²) < 4.78 is 0. The van der Waals surface area contributed by atoms with Gasteiger partial charge in [-0.15, -0.1) is 0 Å². The van der Waals surface area contributed by atoms with Crippen molar-refractivity contribution in [3.05, 3.63) is 11.6 Å². The van der Waals surface area contributed by atoms with E-state index in [-0.39, 0.29) is 11.8 Å². The fourth-order valence-electron chi connectivity index (χ4n) is 2.10. The molecule has 1 aliphatic rings. The number of rotatable bonds is 5. The number of nitriles is 1. The molecule has 1 aliphatic carbocycles. The van der Waals surface area contributed by atoms with Crippen LogP contribution < -0.4 is 5.32 Å². The van der Waals surface area contributed by atoms with Crippen LogP contribution in [0.2, 0.25) is 0 Å². The number of hydrogen-bond acceptors (Lipinski definition) is 2. The molecule has 0 saturated carbocycles. The molecule has 3 nitrogen and oxygen atoms in total. The van der Waals surface area contributed by atoms with Crippen molar-refractivity contribution in [1.29, 1.82) is 5.26 Å². The van der Waals surface area contributed by atoms with E-state index in [1.54, 1.807) is 0 Å². The van der Waals surface area contributed by atoms with Crippen LogP contribution in [0.25, 0.3) is 0 Å². The van der Waals surface area contributed by atoms with Crippen molar-refractivity contribution < 1.29 is 4.79 Å². The molecule has 94 valence electrons. The van der Waals surface area contributed by atoms with E-state index in [1.807, 2.05) is 13.8 Å². The van der Waals surface area contributed by atoms with Crippen molar-refractivity contribution in [2.75, 3.05) is 6.54 Å². The molecule has 0 aromatic heterocycles. The molecule has 0 aromatic carbocycles. The normalized spacial score (nSPS) is 17.2. The highest BCUT2D eigenvalue weighted by molar-refractivity contribution is 5.81. The Morgan fingerprint density at radius 2 is 2.29 bits per heavy atom. The third-order valence-electron chi connectivity index (χ3n) is 3.22. The molecule has 17 heavy (non-hydrogen) atoms. The van der Waals surface area contributed by atoms with E-state index < -0.39 is 5.92 Å². The smallest absolute Gasteiger partial charge is 0.237 e. The molecule has 1 unspecified atom stereocenters. The van der Waals surface area contributed by atoms with E-state index in [4.69, 9.17) is 5.26 Å². The van der Waals surface area contributed by atoms with Gasteiger partial charge in [-0.2, -0.15) is 5.26 Å². The molecular formula is C14H22N2O. The SMILES string of the molecule is CC(C)C(C#N)C(=O)NCCC1=CCCCC1. The van der Waals surface area contributed by atoms with Gasteiger partial charge >= 0.3 is 0 Å². The first-order chi connectivity index (χ1) is 8.15. The van der Waals surface area contributed by atoms with Gasteiger partial charge in [0.05, 0.1) is 6.07 Å². The van der Waals surface area contributed by atoms with Gasteiger partial charge < -0.3 is 5.32 Å². The minimum atomic E-state index is -0.518.